The number of tetrazole rings is 1. The highest BCUT2D eigenvalue weighted by atomic mass is 79.9. The number of hydrogen-bond acceptors (Lipinski definition) is 6. The number of hydrogen-bond donors (Lipinski definition) is 0. The van der Waals surface area contributed by atoms with Gasteiger partial charge in [0.25, 0.3) is 0 Å². The molecule has 1 amide bonds. The molecule has 0 bridgehead atoms. The summed E-state index contributed by atoms with van der Waals surface area (Å²) in [6.45, 7) is 5.97. The first-order valence-corrected chi connectivity index (χ1v) is 10.9. The third kappa shape index (κ3) is 4.17. The van der Waals surface area contributed by atoms with Gasteiger partial charge >= 0.3 is 0 Å². The molecule has 9 heteroatoms. The number of halogens is 1. The van der Waals surface area contributed by atoms with Gasteiger partial charge in [0.05, 0.1) is 11.4 Å². The van der Waals surface area contributed by atoms with Crippen LogP contribution in [0.15, 0.2) is 52.3 Å². The lowest BCUT2D eigenvalue weighted by molar-refractivity contribution is -0.115. The molecule has 0 aliphatic carbocycles. The van der Waals surface area contributed by atoms with E-state index in [-0.39, 0.29) is 5.91 Å². The Labute approximate surface area is 186 Å². The van der Waals surface area contributed by atoms with Gasteiger partial charge in [-0.05, 0) is 60.5 Å². The van der Waals surface area contributed by atoms with Gasteiger partial charge in [-0.15, -0.1) is 21.5 Å². The molecule has 2 aromatic heterocycles. The van der Waals surface area contributed by atoms with Crippen molar-refractivity contribution in [2.24, 2.45) is 0 Å². The van der Waals surface area contributed by atoms with Crippen molar-refractivity contribution in [3.63, 3.8) is 0 Å². The fraction of sp³-hybridized carbons (Fsp3) is 0.190. The Hall–Kier alpha value is -2.91. The van der Waals surface area contributed by atoms with Crippen LogP contribution in [0.2, 0.25) is 0 Å². The summed E-state index contributed by atoms with van der Waals surface area (Å²) in [6.07, 6.45) is 0. The zero-order chi connectivity index (χ0) is 21.3. The van der Waals surface area contributed by atoms with Crippen LogP contribution in [0.1, 0.15) is 23.7 Å². The van der Waals surface area contributed by atoms with Crippen LogP contribution < -0.4 is 4.90 Å². The average Bonchev–Trinajstić information content (AvgIpc) is 3.36. The smallest absolute Gasteiger partial charge is 0.230 e. The number of rotatable bonds is 5. The third-order valence-electron chi connectivity index (χ3n) is 4.72. The number of amides is 1. The quantitative estimate of drug-likeness (QED) is 0.403. The second-order valence-corrected chi connectivity index (χ2v) is 8.60. The number of carbonyl (C=O) groups is 1. The van der Waals surface area contributed by atoms with Crippen molar-refractivity contribution in [1.82, 2.24) is 25.2 Å². The molecular weight excluding hydrogens is 464 g/mol. The summed E-state index contributed by atoms with van der Waals surface area (Å²) in [4.78, 5) is 20.2. The van der Waals surface area contributed by atoms with E-state index in [2.05, 4.69) is 36.3 Å². The molecule has 30 heavy (non-hydrogen) atoms. The molecule has 0 saturated heterocycles. The summed E-state index contributed by atoms with van der Waals surface area (Å²) in [7, 11) is 0. The minimum Gasteiger partial charge on any atom is -0.274 e. The third-order valence-corrected chi connectivity index (χ3v) is 6.12. The molecule has 7 nitrogen and oxygen atoms in total. The number of carbonyl (C=O) groups excluding carboxylic acids is 1. The van der Waals surface area contributed by atoms with Gasteiger partial charge in [0, 0.05) is 22.3 Å². The summed E-state index contributed by atoms with van der Waals surface area (Å²) >= 11 is 4.84. The minimum absolute atomic E-state index is 0.0824. The van der Waals surface area contributed by atoms with E-state index in [1.165, 1.54) is 16.1 Å². The highest BCUT2D eigenvalue weighted by molar-refractivity contribution is 9.10. The summed E-state index contributed by atoms with van der Waals surface area (Å²) in [5.74, 6) is 0.472. The molecule has 2 heterocycles. The Morgan fingerprint density at radius 2 is 1.93 bits per heavy atom. The van der Waals surface area contributed by atoms with Crippen molar-refractivity contribution >= 4 is 44.0 Å². The zero-order valence-corrected chi connectivity index (χ0v) is 19.1. The van der Waals surface area contributed by atoms with Crippen LogP contribution in [0.3, 0.4) is 0 Å². The van der Waals surface area contributed by atoms with Crippen LogP contribution in [0.4, 0.5) is 10.8 Å². The number of aromatic nitrogens is 5. The van der Waals surface area contributed by atoms with Gasteiger partial charge < -0.3 is 0 Å². The van der Waals surface area contributed by atoms with Crippen LogP contribution in [0.5, 0.6) is 0 Å². The minimum atomic E-state index is -0.0824. The topological polar surface area (TPSA) is 76.8 Å². The number of thiazole rings is 1. The predicted octanol–water partition coefficient (Wildman–Crippen LogP) is 4.91. The van der Waals surface area contributed by atoms with Gasteiger partial charge in [0.1, 0.15) is 6.54 Å². The van der Waals surface area contributed by atoms with Crippen molar-refractivity contribution in [2.75, 3.05) is 4.90 Å². The van der Waals surface area contributed by atoms with Crippen molar-refractivity contribution in [3.8, 4) is 11.4 Å². The predicted molar refractivity (Wildman–Crippen MR) is 121 cm³/mol. The lowest BCUT2D eigenvalue weighted by Gasteiger charge is -2.21. The Morgan fingerprint density at radius 1 is 1.17 bits per heavy atom. The van der Waals surface area contributed by atoms with Crippen LogP contribution in [-0.2, 0) is 11.3 Å². The second-order valence-electron chi connectivity index (χ2n) is 6.85. The Kier molecular flexibility index (Phi) is 5.74. The molecule has 4 rings (SSSR count). The number of aryl methyl sites for hydroxylation is 1. The fourth-order valence-corrected chi connectivity index (χ4v) is 4.16. The van der Waals surface area contributed by atoms with Crippen molar-refractivity contribution in [1.29, 1.82) is 0 Å². The molecule has 0 aliphatic rings. The summed E-state index contributed by atoms with van der Waals surface area (Å²) in [5.41, 5.74) is 4.69. The van der Waals surface area contributed by atoms with E-state index in [0.29, 0.717) is 17.5 Å². The van der Waals surface area contributed by atoms with E-state index in [1.54, 1.807) is 11.8 Å². The molecule has 0 spiro atoms. The average molecular weight is 483 g/mol. The van der Waals surface area contributed by atoms with E-state index in [0.717, 1.165) is 32.5 Å². The first-order valence-electron chi connectivity index (χ1n) is 9.27. The normalized spacial score (nSPS) is 10.9. The number of nitrogens with zero attached hydrogens (tertiary/aromatic N) is 6. The molecule has 0 aliphatic heterocycles. The molecule has 0 fully saturated rings. The molecule has 2 aromatic carbocycles. The van der Waals surface area contributed by atoms with E-state index in [1.807, 2.05) is 61.7 Å². The lowest BCUT2D eigenvalue weighted by atomic mass is 10.1. The summed E-state index contributed by atoms with van der Waals surface area (Å²) < 4.78 is 0.993. The zero-order valence-electron chi connectivity index (χ0n) is 16.7. The Balaban J connectivity index is 1.57. The molecule has 0 unspecified atom stereocenters. The molecule has 4 aromatic rings. The number of benzene rings is 2. The van der Waals surface area contributed by atoms with Gasteiger partial charge in [-0.2, -0.15) is 4.80 Å². The largest absolute Gasteiger partial charge is 0.274 e. The van der Waals surface area contributed by atoms with Gasteiger partial charge in [0.15, 0.2) is 5.13 Å². The van der Waals surface area contributed by atoms with Gasteiger partial charge in [0.2, 0.25) is 11.7 Å². The van der Waals surface area contributed by atoms with Crippen molar-refractivity contribution in [3.05, 3.63) is 69.1 Å². The fourth-order valence-electron chi connectivity index (χ4n) is 3.03. The van der Waals surface area contributed by atoms with Crippen LogP contribution >= 0.6 is 27.3 Å². The van der Waals surface area contributed by atoms with Gasteiger partial charge in [-0.1, -0.05) is 28.1 Å². The summed E-state index contributed by atoms with van der Waals surface area (Å²) in [5, 5.41) is 15.2. The molecule has 152 valence electrons. The maximum atomic E-state index is 12.4. The highest BCUT2D eigenvalue weighted by Gasteiger charge is 2.20. The second kappa shape index (κ2) is 8.45. The molecule has 0 atom stereocenters. The van der Waals surface area contributed by atoms with Crippen LogP contribution in [0, 0.1) is 13.8 Å². The van der Waals surface area contributed by atoms with E-state index >= 15 is 0 Å². The monoisotopic (exact) mass is 482 g/mol. The first-order chi connectivity index (χ1) is 14.4. The molecule has 0 radical (unpaired) electrons. The van der Waals surface area contributed by atoms with E-state index in [9.17, 15) is 4.79 Å². The standard InChI is InChI=1S/C21H19BrN6OS/c1-13-5-4-6-19(14(13)2)28(15(3)29)21-23-18(12-30-21)11-27-25-20(24-26-27)16-7-9-17(22)10-8-16/h4-10,12H,11H2,1-3H3. The maximum absolute atomic E-state index is 12.4. The molecular formula is C21H19BrN6OS. The van der Waals surface area contributed by atoms with Crippen molar-refractivity contribution < 1.29 is 4.79 Å². The Bertz CT molecular complexity index is 1200. The SMILES string of the molecule is CC(=O)N(c1nc(Cn2nnc(-c3ccc(Br)cc3)n2)cs1)c1cccc(C)c1C. The van der Waals surface area contributed by atoms with Crippen LogP contribution in [0.25, 0.3) is 11.4 Å². The number of anilines is 2. The molecule has 0 saturated carbocycles. The maximum Gasteiger partial charge on any atom is 0.230 e. The van der Waals surface area contributed by atoms with E-state index in [4.69, 9.17) is 0 Å². The Morgan fingerprint density at radius 3 is 2.67 bits per heavy atom. The lowest BCUT2D eigenvalue weighted by Crippen LogP contribution is -2.23. The summed E-state index contributed by atoms with van der Waals surface area (Å²) in [6, 6.07) is 13.7. The highest BCUT2D eigenvalue weighted by Crippen LogP contribution is 2.32. The molecule has 0 N–H and O–H groups in total. The van der Waals surface area contributed by atoms with Crippen LogP contribution in [-0.4, -0.2) is 31.1 Å². The first kappa shape index (κ1) is 20.4. The van der Waals surface area contributed by atoms with E-state index < -0.39 is 0 Å². The van der Waals surface area contributed by atoms with Crippen molar-refractivity contribution in [2.45, 2.75) is 27.3 Å². The van der Waals surface area contributed by atoms with Gasteiger partial charge in [-0.3, -0.25) is 9.69 Å². The van der Waals surface area contributed by atoms with Gasteiger partial charge in [-0.25, -0.2) is 4.98 Å².